The molecule has 0 saturated carbocycles. The highest BCUT2D eigenvalue weighted by atomic mass is 79.9. The van der Waals surface area contributed by atoms with Crippen LogP contribution in [0.25, 0.3) is 0 Å². The van der Waals surface area contributed by atoms with Gasteiger partial charge in [-0.25, -0.2) is 4.79 Å². The van der Waals surface area contributed by atoms with E-state index in [4.69, 9.17) is 5.73 Å². The predicted octanol–water partition coefficient (Wildman–Crippen LogP) is 2.43. The largest absolute Gasteiger partial charge is 0.465 e. The molecule has 1 aromatic rings. The van der Waals surface area contributed by atoms with Crippen LogP contribution in [0.1, 0.15) is 21.5 Å². The average molecular weight is 258 g/mol. The quantitative estimate of drug-likeness (QED) is 0.621. The molecule has 1 aromatic carbocycles. The average Bonchev–Trinajstić information content (AvgIpc) is 2.19. The number of nitrogens with two attached hydrogens (primary N) is 1. The number of methoxy groups -OCH3 is 1. The van der Waals surface area contributed by atoms with Gasteiger partial charge in [0.15, 0.2) is 0 Å². The Bertz CT molecular complexity index is 388. The van der Waals surface area contributed by atoms with Crippen molar-refractivity contribution in [3.8, 4) is 0 Å². The van der Waals surface area contributed by atoms with E-state index in [1.54, 1.807) is 6.07 Å². The molecule has 0 amide bonds. The van der Waals surface area contributed by atoms with E-state index >= 15 is 0 Å². The van der Waals surface area contributed by atoms with Gasteiger partial charge < -0.3 is 10.5 Å². The molecule has 0 unspecified atom stereocenters. The SMILES string of the molecule is COC(=O)c1cc(C)c(C)c(Br)c1N. The van der Waals surface area contributed by atoms with Crippen molar-refractivity contribution in [2.24, 2.45) is 0 Å². The normalized spacial score (nSPS) is 10.0. The molecule has 0 atom stereocenters. The third-order valence-electron chi connectivity index (χ3n) is 2.21. The third kappa shape index (κ3) is 1.75. The molecule has 4 heteroatoms. The lowest BCUT2D eigenvalue weighted by atomic mass is 10.0. The maximum atomic E-state index is 11.3. The first kappa shape index (κ1) is 11.0. The van der Waals surface area contributed by atoms with Gasteiger partial charge in [-0.05, 0) is 47.0 Å². The van der Waals surface area contributed by atoms with Gasteiger partial charge in [0.05, 0.1) is 18.4 Å². The van der Waals surface area contributed by atoms with Crippen molar-refractivity contribution in [2.75, 3.05) is 12.8 Å². The first-order valence-corrected chi connectivity index (χ1v) is 4.91. The zero-order valence-corrected chi connectivity index (χ0v) is 9.94. The van der Waals surface area contributed by atoms with Crippen LogP contribution in [0.3, 0.4) is 0 Å². The maximum Gasteiger partial charge on any atom is 0.340 e. The Morgan fingerprint density at radius 2 is 2.07 bits per heavy atom. The molecule has 2 N–H and O–H groups in total. The Kier molecular flexibility index (Phi) is 3.16. The second kappa shape index (κ2) is 4.00. The molecule has 1 rings (SSSR count). The van der Waals surface area contributed by atoms with Crippen molar-refractivity contribution in [3.05, 3.63) is 27.2 Å². The van der Waals surface area contributed by atoms with Gasteiger partial charge in [0, 0.05) is 4.47 Å². The van der Waals surface area contributed by atoms with Gasteiger partial charge in [0.1, 0.15) is 0 Å². The fourth-order valence-corrected chi connectivity index (χ4v) is 1.70. The number of hydrogen-bond acceptors (Lipinski definition) is 3. The second-order valence-electron chi connectivity index (χ2n) is 3.09. The summed E-state index contributed by atoms with van der Waals surface area (Å²) in [5, 5.41) is 0. The molecule has 0 aliphatic carbocycles. The number of ether oxygens (including phenoxy) is 1. The fourth-order valence-electron chi connectivity index (χ4n) is 1.17. The van der Waals surface area contributed by atoms with Crippen LogP contribution in [-0.2, 0) is 4.74 Å². The summed E-state index contributed by atoms with van der Waals surface area (Å²) in [5.74, 6) is -0.411. The standard InChI is InChI=1S/C10H12BrNO2/c1-5-4-7(10(13)14-3)9(12)8(11)6(5)2/h4H,12H2,1-3H3. The van der Waals surface area contributed by atoms with Crippen LogP contribution < -0.4 is 5.73 Å². The first-order chi connectivity index (χ1) is 6.49. The van der Waals surface area contributed by atoms with Crippen LogP contribution in [0, 0.1) is 13.8 Å². The Morgan fingerprint density at radius 3 is 2.57 bits per heavy atom. The van der Waals surface area contributed by atoms with Gasteiger partial charge in [0.25, 0.3) is 0 Å². The zero-order valence-electron chi connectivity index (χ0n) is 8.35. The maximum absolute atomic E-state index is 11.3. The van der Waals surface area contributed by atoms with E-state index in [-0.39, 0.29) is 0 Å². The number of carbonyl (C=O) groups excluding carboxylic acids is 1. The van der Waals surface area contributed by atoms with Crippen molar-refractivity contribution < 1.29 is 9.53 Å². The van der Waals surface area contributed by atoms with E-state index in [1.807, 2.05) is 13.8 Å². The van der Waals surface area contributed by atoms with Gasteiger partial charge in [0.2, 0.25) is 0 Å². The lowest BCUT2D eigenvalue weighted by Gasteiger charge is -2.10. The topological polar surface area (TPSA) is 52.3 Å². The third-order valence-corrected chi connectivity index (χ3v) is 3.24. The van der Waals surface area contributed by atoms with Crippen LogP contribution in [0.2, 0.25) is 0 Å². The molecule has 0 heterocycles. The molecule has 0 spiro atoms. The van der Waals surface area contributed by atoms with Crippen LogP contribution in [0.4, 0.5) is 5.69 Å². The molecule has 0 bridgehead atoms. The molecular weight excluding hydrogens is 246 g/mol. The van der Waals surface area contributed by atoms with E-state index < -0.39 is 5.97 Å². The number of carbonyl (C=O) groups is 1. The van der Waals surface area contributed by atoms with Gasteiger partial charge in [-0.3, -0.25) is 0 Å². The lowest BCUT2D eigenvalue weighted by Crippen LogP contribution is -2.07. The second-order valence-corrected chi connectivity index (χ2v) is 3.88. The number of anilines is 1. The monoisotopic (exact) mass is 257 g/mol. The Hall–Kier alpha value is -1.03. The number of aryl methyl sites for hydroxylation is 1. The molecule has 0 aliphatic rings. The highest BCUT2D eigenvalue weighted by molar-refractivity contribution is 9.10. The lowest BCUT2D eigenvalue weighted by molar-refractivity contribution is 0.0602. The summed E-state index contributed by atoms with van der Waals surface area (Å²) in [6.07, 6.45) is 0. The van der Waals surface area contributed by atoms with Crippen LogP contribution in [0.15, 0.2) is 10.5 Å². The highest BCUT2D eigenvalue weighted by Gasteiger charge is 2.15. The summed E-state index contributed by atoms with van der Waals surface area (Å²) >= 11 is 3.35. The Labute approximate surface area is 91.4 Å². The van der Waals surface area contributed by atoms with Crippen molar-refractivity contribution in [3.63, 3.8) is 0 Å². The van der Waals surface area contributed by atoms with Gasteiger partial charge in [-0.15, -0.1) is 0 Å². The van der Waals surface area contributed by atoms with Crippen molar-refractivity contribution >= 4 is 27.6 Å². The van der Waals surface area contributed by atoms with Crippen molar-refractivity contribution in [1.82, 2.24) is 0 Å². The molecule has 3 nitrogen and oxygen atoms in total. The summed E-state index contributed by atoms with van der Waals surface area (Å²) in [4.78, 5) is 11.3. The number of esters is 1. The zero-order chi connectivity index (χ0) is 10.9. The fraction of sp³-hybridized carbons (Fsp3) is 0.300. The first-order valence-electron chi connectivity index (χ1n) is 4.12. The summed E-state index contributed by atoms with van der Waals surface area (Å²) < 4.78 is 5.39. The Morgan fingerprint density at radius 1 is 1.50 bits per heavy atom. The summed E-state index contributed by atoms with van der Waals surface area (Å²) in [5.41, 5.74) is 8.66. The van der Waals surface area contributed by atoms with Gasteiger partial charge >= 0.3 is 5.97 Å². The van der Waals surface area contributed by atoms with E-state index in [1.165, 1.54) is 7.11 Å². The van der Waals surface area contributed by atoms with Gasteiger partial charge in [-0.1, -0.05) is 0 Å². The number of nitrogen functional groups attached to an aromatic ring is 1. The van der Waals surface area contributed by atoms with E-state index in [9.17, 15) is 4.79 Å². The van der Waals surface area contributed by atoms with E-state index in [0.717, 1.165) is 15.6 Å². The van der Waals surface area contributed by atoms with Crippen molar-refractivity contribution in [2.45, 2.75) is 13.8 Å². The smallest absolute Gasteiger partial charge is 0.340 e. The highest BCUT2D eigenvalue weighted by Crippen LogP contribution is 2.30. The predicted molar refractivity (Wildman–Crippen MR) is 59.4 cm³/mol. The number of benzene rings is 1. The molecular formula is C10H12BrNO2. The Balaban J connectivity index is 3.40. The molecule has 0 aliphatic heterocycles. The molecule has 0 saturated heterocycles. The molecule has 0 radical (unpaired) electrons. The summed E-state index contributed by atoms with van der Waals surface area (Å²) in [6.45, 7) is 3.86. The number of halogens is 1. The van der Waals surface area contributed by atoms with Gasteiger partial charge in [-0.2, -0.15) is 0 Å². The van der Waals surface area contributed by atoms with E-state index in [0.29, 0.717) is 11.3 Å². The van der Waals surface area contributed by atoms with Crippen LogP contribution in [0.5, 0.6) is 0 Å². The van der Waals surface area contributed by atoms with Crippen LogP contribution in [-0.4, -0.2) is 13.1 Å². The minimum Gasteiger partial charge on any atom is -0.465 e. The minimum absolute atomic E-state index is 0.405. The van der Waals surface area contributed by atoms with E-state index in [2.05, 4.69) is 20.7 Å². The number of rotatable bonds is 1. The van der Waals surface area contributed by atoms with Crippen molar-refractivity contribution in [1.29, 1.82) is 0 Å². The molecule has 0 fully saturated rings. The minimum atomic E-state index is -0.411. The molecule has 14 heavy (non-hydrogen) atoms. The summed E-state index contributed by atoms with van der Waals surface area (Å²) in [7, 11) is 1.34. The number of hydrogen-bond donors (Lipinski definition) is 1. The molecule has 76 valence electrons. The molecule has 0 aromatic heterocycles. The summed E-state index contributed by atoms with van der Waals surface area (Å²) in [6, 6.07) is 1.74. The van der Waals surface area contributed by atoms with Crippen LogP contribution >= 0.6 is 15.9 Å².